The zero-order valence-electron chi connectivity index (χ0n) is 15.9. The second-order valence-electron chi connectivity index (χ2n) is 6.88. The van der Waals surface area contributed by atoms with E-state index in [9.17, 15) is 4.79 Å². The number of carbonyl (C=O) groups is 1. The van der Waals surface area contributed by atoms with Gasteiger partial charge >= 0.3 is 0 Å². The highest BCUT2D eigenvalue weighted by Gasteiger charge is 2.16. The van der Waals surface area contributed by atoms with Crippen molar-refractivity contribution in [3.63, 3.8) is 0 Å². The van der Waals surface area contributed by atoms with E-state index in [-0.39, 0.29) is 11.9 Å². The summed E-state index contributed by atoms with van der Waals surface area (Å²) in [7, 11) is 1.70. The molecule has 0 bridgehead atoms. The van der Waals surface area contributed by atoms with Crippen LogP contribution in [0.15, 0.2) is 42.5 Å². The first kappa shape index (κ1) is 19.0. The molecule has 25 heavy (non-hydrogen) atoms. The van der Waals surface area contributed by atoms with Gasteiger partial charge in [0, 0.05) is 6.42 Å². The number of methoxy groups -OCH3 is 1. The third-order valence-corrected chi connectivity index (χ3v) is 4.57. The fraction of sp³-hybridized carbons (Fsp3) is 0.409. The van der Waals surface area contributed by atoms with E-state index < -0.39 is 0 Å². The Kier molecular flexibility index (Phi) is 6.63. The molecule has 2 aromatic carbocycles. The molecular weight excluding hydrogens is 310 g/mol. The summed E-state index contributed by atoms with van der Waals surface area (Å²) in [5, 5.41) is 3.13. The fourth-order valence-corrected chi connectivity index (χ4v) is 3.10. The normalized spacial score (nSPS) is 12.1. The summed E-state index contributed by atoms with van der Waals surface area (Å²) in [5.74, 6) is 1.37. The van der Waals surface area contributed by atoms with Crippen LogP contribution in [-0.4, -0.2) is 13.0 Å². The Bertz CT molecular complexity index is 707. The van der Waals surface area contributed by atoms with Gasteiger partial charge in [-0.15, -0.1) is 0 Å². The molecule has 3 heteroatoms. The van der Waals surface area contributed by atoms with Crippen molar-refractivity contribution in [1.82, 2.24) is 5.32 Å². The molecule has 0 fully saturated rings. The average Bonchev–Trinajstić information content (AvgIpc) is 2.60. The van der Waals surface area contributed by atoms with Crippen LogP contribution in [0.3, 0.4) is 0 Å². The Balaban J connectivity index is 2.05. The largest absolute Gasteiger partial charge is 0.496 e. The maximum Gasteiger partial charge on any atom is 0.220 e. The Labute approximate surface area is 151 Å². The van der Waals surface area contributed by atoms with Crippen LogP contribution < -0.4 is 10.1 Å². The lowest BCUT2D eigenvalue weighted by atomic mass is 9.93. The standard InChI is InChI=1S/C22H29NO2/c1-15(2)19-14-20(16(3)13-21(19)25-5)17(4)23-22(24)12-11-18-9-7-6-8-10-18/h6-10,13-15,17H,11-12H2,1-5H3,(H,23,24). The minimum atomic E-state index is -0.0216. The van der Waals surface area contributed by atoms with Crippen molar-refractivity contribution in [3.05, 3.63) is 64.7 Å². The monoisotopic (exact) mass is 339 g/mol. The quantitative estimate of drug-likeness (QED) is 0.776. The lowest BCUT2D eigenvalue weighted by Gasteiger charge is -2.21. The topological polar surface area (TPSA) is 38.3 Å². The highest BCUT2D eigenvalue weighted by molar-refractivity contribution is 5.76. The third kappa shape index (κ3) is 5.09. The van der Waals surface area contributed by atoms with Crippen molar-refractivity contribution in [3.8, 4) is 5.75 Å². The fourth-order valence-electron chi connectivity index (χ4n) is 3.10. The molecule has 0 aliphatic carbocycles. The van der Waals surface area contributed by atoms with E-state index >= 15 is 0 Å². The molecular formula is C22H29NO2. The Morgan fingerprint density at radius 1 is 1.08 bits per heavy atom. The number of hydrogen-bond acceptors (Lipinski definition) is 2. The van der Waals surface area contributed by atoms with Crippen LogP contribution in [0, 0.1) is 6.92 Å². The summed E-state index contributed by atoms with van der Waals surface area (Å²) in [6.45, 7) is 8.41. The molecule has 3 nitrogen and oxygen atoms in total. The lowest BCUT2D eigenvalue weighted by Crippen LogP contribution is -2.27. The first-order valence-corrected chi connectivity index (χ1v) is 8.94. The number of carbonyl (C=O) groups excluding carboxylic acids is 1. The SMILES string of the molecule is COc1cc(C)c(C(C)NC(=O)CCc2ccccc2)cc1C(C)C. The van der Waals surface area contributed by atoms with Gasteiger partial charge in [0.2, 0.25) is 5.91 Å². The van der Waals surface area contributed by atoms with Crippen LogP contribution in [0.25, 0.3) is 0 Å². The van der Waals surface area contributed by atoms with Gasteiger partial charge in [0.1, 0.15) is 5.75 Å². The summed E-state index contributed by atoms with van der Waals surface area (Å²) in [6.07, 6.45) is 1.26. The van der Waals surface area contributed by atoms with Crippen LogP contribution in [0.2, 0.25) is 0 Å². The van der Waals surface area contributed by atoms with E-state index in [1.807, 2.05) is 25.1 Å². The average molecular weight is 339 g/mol. The molecule has 1 amide bonds. The molecule has 0 aliphatic heterocycles. The molecule has 0 saturated carbocycles. The highest BCUT2D eigenvalue weighted by Crippen LogP contribution is 2.32. The molecule has 0 aromatic heterocycles. The van der Waals surface area contributed by atoms with Gasteiger partial charge in [0.25, 0.3) is 0 Å². The molecule has 1 unspecified atom stereocenters. The van der Waals surface area contributed by atoms with Crippen molar-refractivity contribution in [2.24, 2.45) is 0 Å². The molecule has 0 heterocycles. The second-order valence-corrected chi connectivity index (χ2v) is 6.88. The van der Waals surface area contributed by atoms with Crippen molar-refractivity contribution in [2.45, 2.75) is 52.5 Å². The molecule has 0 spiro atoms. The maximum atomic E-state index is 12.3. The van der Waals surface area contributed by atoms with Crippen LogP contribution >= 0.6 is 0 Å². The number of amides is 1. The van der Waals surface area contributed by atoms with Crippen LogP contribution in [0.4, 0.5) is 0 Å². The van der Waals surface area contributed by atoms with E-state index in [0.29, 0.717) is 12.3 Å². The molecule has 134 valence electrons. The van der Waals surface area contributed by atoms with E-state index in [1.54, 1.807) is 7.11 Å². The summed E-state index contributed by atoms with van der Waals surface area (Å²) < 4.78 is 5.50. The van der Waals surface area contributed by atoms with Crippen molar-refractivity contribution >= 4 is 5.91 Å². The molecule has 2 rings (SSSR count). The van der Waals surface area contributed by atoms with Gasteiger partial charge in [-0.3, -0.25) is 4.79 Å². The number of rotatable bonds is 7. The smallest absolute Gasteiger partial charge is 0.220 e. The highest BCUT2D eigenvalue weighted by atomic mass is 16.5. The summed E-state index contributed by atoms with van der Waals surface area (Å²) in [6, 6.07) is 14.3. The van der Waals surface area contributed by atoms with Gasteiger partial charge in [-0.05, 0) is 60.6 Å². The van der Waals surface area contributed by atoms with Crippen LogP contribution in [0.5, 0.6) is 5.75 Å². The summed E-state index contributed by atoms with van der Waals surface area (Å²) in [4.78, 5) is 12.3. The Hall–Kier alpha value is -2.29. The van der Waals surface area contributed by atoms with Gasteiger partial charge < -0.3 is 10.1 Å². The predicted octanol–water partition coefficient (Wildman–Crippen LogP) is 4.94. The minimum absolute atomic E-state index is 0.0216. The first-order valence-electron chi connectivity index (χ1n) is 8.94. The van der Waals surface area contributed by atoms with Gasteiger partial charge in [-0.25, -0.2) is 0 Å². The molecule has 1 atom stereocenters. The Morgan fingerprint density at radius 3 is 2.36 bits per heavy atom. The molecule has 1 N–H and O–H groups in total. The molecule has 0 radical (unpaired) electrons. The van der Waals surface area contributed by atoms with E-state index in [4.69, 9.17) is 4.74 Å². The number of aryl methyl sites for hydroxylation is 2. The van der Waals surface area contributed by atoms with E-state index in [1.165, 1.54) is 11.1 Å². The zero-order chi connectivity index (χ0) is 18.4. The van der Waals surface area contributed by atoms with Gasteiger partial charge in [0.15, 0.2) is 0 Å². The Morgan fingerprint density at radius 2 is 1.76 bits per heavy atom. The van der Waals surface area contributed by atoms with Crippen LogP contribution in [-0.2, 0) is 11.2 Å². The summed E-state index contributed by atoms with van der Waals surface area (Å²) >= 11 is 0. The first-order chi connectivity index (χ1) is 11.9. The summed E-state index contributed by atoms with van der Waals surface area (Å²) in [5.41, 5.74) is 4.65. The van der Waals surface area contributed by atoms with Crippen molar-refractivity contribution in [1.29, 1.82) is 0 Å². The van der Waals surface area contributed by atoms with Gasteiger partial charge in [0.05, 0.1) is 13.2 Å². The molecule has 2 aromatic rings. The van der Waals surface area contributed by atoms with Gasteiger partial charge in [-0.1, -0.05) is 44.2 Å². The third-order valence-electron chi connectivity index (χ3n) is 4.57. The predicted molar refractivity (Wildman–Crippen MR) is 103 cm³/mol. The van der Waals surface area contributed by atoms with E-state index in [0.717, 1.165) is 23.3 Å². The van der Waals surface area contributed by atoms with Crippen molar-refractivity contribution < 1.29 is 9.53 Å². The number of hydrogen-bond donors (Lipinski definition) is 1. The number of ether oxygens (including phenoxy) is 1. The minimum Gasteiger partial charge on any atom is -0.496 e. The number of nitrogens with one attached hydrogen (secondary N) is 1. The maximum absolute atomic E-state index is 12.3. The van der Waals surface area contributed by atoms with E-state index in [2.05, 4.69) is 50.4 Å². The molecule has 0 saturated heterocycles. The number of benzene rings is 2. The lowest BCUT2D eigenvalue weighted by molar-refractivity contribution is -0.121. The van der Waals surface area contributed by atoms with Crippen LogP contribution in [0.1, 0.15) is 61.4 Å². The zero-order valence-corrected chi connectivity index (χ0v) is 15.9. The second kappa shape index (κ2) is 8.70. The molecule has 0 aliphatic rings. The van der Waals surface area contributed by atoms with Crippen molar-refractivity contribution in [2.75, 3.05) is 7.11 Å². The van der Waals surface area contributed by atoms with Gasteiger partial charge in [-0.2, -0.15) is 0 Å².